The van der Waals surface area contributed by atoms with Gasteiger partial charge in [0.15, 0.2) is 19.9 Å². The number of aliphatic hydroxyl groups excluding tert-OH is 1. The summed E-state index contributed by atoms with van der Waals surface area (Å²) in [7, 11) is -2.16. The van der Waals surface area contributed by atoms with E-state index >= 15 is 0 Å². The van der Waals surface area contributed by atoms with Crippen LogP contribution in [0, 0.1) is 5.92 Å². The van der Waals surface area contributed by atoms with Gasteiger partial charge in [-0.25, -0.2) is 9.69 Å². The fourth-order valence-corrected chi connectivity index (χ4v) is 5.87. The highest BCUT2D eigenvalue weighted by Crippen LogP contribution is 2.39. The number of hydrogen-bond donors (Lipinski definition) is 1. The Labute approximate surface area is 209 Å². The molecule has 35 heavy (non-hydrogen) atoms. The predicted octanol–water partition coefficient (Wildman–Crippen LogP) is 3.02. The summed E-state index contributed by atoms with van der Waals surface area (Å²) < 4.78 is 35.5. The summed E-state index contributed by atoms with van der Waals surface area (Å²) >= 11 is 0. The van der Waals surface area contributed by atoms with Crippen molar-refractivity contribution in [2.75, 3.05) is 13.2 Å². The number of carbonyl (C=O) groups excluding carboxylic acids is 2. The molecule has 0 radical (unpaired) electrons. The van der Waals surface area contributed by atoms with Gasteiger partial charge in [0.1, 0.15) is 17.8 Å². The molecule has 3 aliphatic heterocycles. The van der Waals surface area contributed by atoms with Gasteiger partial charge in [-0.3, -0.25) is 4.79 Å². The number of hydrogen-bond acceptors (Lipinski definition) is 9. The van der Waals surface area contributed by atoms with Crippen LogP contribution in [-0.2, 0) is 32.9 Å². The van der Waals surface area contributed by atoms with Gasteiger partial charge >= 0.3 is 6.09 Å². The molecule has 0 unspecified atom stereocenters. The van der Waals surface area contributed by atoms with Crippen LogP contribution in [0.5, 0.6) is 0 Å². The smallest absolute Gasteiger partial charge is 0.417 e. The van der Waals surface area contributed by atoms with Crippen LogP contribution in [0.4, 0.5) is 4.79 Å². The van der Waals surface area contributed by atoms with Gasteiger partial charge in [0.25, 0.3) is 0 Å². The van der Waals surface area contributed by atoms with Crippen molar-refractivity contribution < 1.29 is 42.8 Å². The number of ether oxygens (including phenoxy) is 5. The number of carbonyl (C=O) groups is 2. The average molecular weight is 518 g/mol. The highest BCUT2D eigenvalue weighted by molar-refractivity contribution is 6.69. The zero-order chi connectivity index (χ0) is 26.6. The Balaban J connectivity index is 1.95. The Bertz CT molecular complexity index is 804. The fourth-order valence-electron chi connectivity index (χ4n) is 4.74. The molecule has 0 aromatic rings. The molecule has 0 aromatic heterocycles. The molecule has 0 bridgehead atoms. The minimum Gasteiger partial charge on any atom is -0.443 e. The predicted molar refractivity (Wildman–Crippen MR) is 129 cm³/mol. The maximum atomic E-state index is 13.7. The van der Waals surface area contributed by atoms with E-state index < -0.39 is 73.9 Å². The van der Waals surface area contributed by atoms with Crippen molar-refractivity contribution in [1.82, 2.24) is 4.90 Å². The summed E-state index contributed by atoms with van der Waals surface area (Å²) in [5, 5.41) is 11.2. The highest BCUT2D eigenvalue weighted by Gasteiger charge is 2.56. The summed E-state index contributed by atoms with van der Waals surface area (Å²) in [5.41, 5.74) is -0.810. The normalized spacial score (nSPS) is 32.7. The van der Waals surface area contributed by atoms with Crippen LogP contribution in [0.15, 0.2) is 0 Å². The van der Waals surface area contributed by atoms with E-state index in [0.29, 0.717) is 0 Å². The Morgan fingerprint density at radius 3 is 2.00 bits per heavy atom. The van der Waals surface area contributed by atoms with Crippen LogP contribution in [0.3, 0.4) is 0 Å². The van der Waals surface area contributed by atoms with Crippen molar-refractivity contribution in [1.29, 1.82) is 0 Å². The van der Waals surface area contributed by atoms with Crippen LogP contribution in [0.25, 0.3) is 0 Å². The lowest BCUT2D eigenvalue weighted by molar-refractivity contribution is -0.159. The summed E-state index contributed by atoms with van der Waals surface area (Å²) in [6.45, 7) is 18.9. The Morgan fingerprint density at radius 2 is 1.57 bits per heavy atom. The summed E-state index contributed by atoms with van der Waals surface area (Å²) in [6, 6.07) is -0.707. The Kier molecular flexibility index (Phi) is 7.86. The number of rotatable bonds is 6. The van der Waals surface area contributed by atoms with Gasteiger partial charge < -0.3 is 33.2 Å². The largest absolute Gasteiger partial charge is 0.443 e. The third-order valence-corrected chi connectivity index (χ3v) is 7.04. The van der Waals surface area contributed by atoms with Crippen molar-refractivity contribution >= 4 is 20.3 Å². The van der Waals surface area contributed by atoms with Gasteiger partial charge in [0.2, 0.25) is 5.91 Å². The van der Waals surface area contributed by atoms with E-state index in [1.165, 1.54) is 0 Å². The first kappa shape index (κ1) is 28.5. The average Bonchev–Trinajstić information content (AvgIpc) is 3.31. The minimum absolute atomic E-state index is 0.150. The lowest BCUT2D eigenvalue weighted by Gasteiger charge is -2.37. The molecule has 202 valence electrons. The maximum absolute atomic E-state index is 13.7. The zero-order valence-corrected chi connectivity index (χ0v) is 23.7. The van der Waals surface area contributed by atoms with Crippen molar-refractivity contribution in [3.8, 4) is 0 Å². The molecule has 3 saturated heterocycles. The van der Waals surface area contributed by atoms with Crippen molar-refractivity contribution in [3.05, 3.63) is 0 Å². The van der Waals surface area contributed by atoms with Gasteiger partial charge in [0.05, 0.1) is 37.4 Å². The van der Waals surface area contributed by atoms with Gasteiger partial charge in [-0.15, -0.1) is 0 Å². The van der Waals surface area contributed by atoms with E-state index in [-0.39, 0.29) is 19.6 Å². The van der Waals surface area contributed by atoms with Crippen molar-refractivity contribution in [2.24, 2.45) is 5.92 Å². The second kappa shape index (κ2) is 9.66. The van der Waals surface area contributed by atoms with Crippen LogP contribution < -0.4 is 0 Å². The molecule has 3 heterocycles. The summed E-state index contributed by atoms with van der Waals surface area (Å²) in [6.07, 6.45) is -3.60. The molecule has 0 aromatic carbocycles. The van der Waals surface area contributed by atoms with E-state index in [2.05, 4.69) is 0 Å². The van der Waals surface area contributed by atoms with E-state index in [0.717, 1.165) is 4.90 Å². The van der Waals surface area contributed by atoms with E-state index in [1.807, 2.05) is 33.5 Å². The molecule has 0 saturated carbocycles. The minimum atomic E-state index is -2.16. The number of amides is 2. The second-order valence-electron chi connectivity index (χ2n) is 12.5. The third kappa shape index (κ3) is 7.03. The fraction of sp³-hybridized carbons (Fsp3) is 0.917. The molecular formula is C24H43NO9Si. The molecule has 10 nitrogen and oxygen atoms in total. The van der Waals surface area contributed by atoms with Gasteiger partial charge in [-0.2, -0.15) is 0 Å². The molecule has 2 amide bonds. The molecule has 11 heteroatoms. The first-order chi connectivity index (χ1) is 15.8. The summed E-state index contributed by atoms with van der Waals surface area (Å²) in [5.74, 6) is -3.09. The first-order valence-electron chi connectivity index (χ1n) is 12.3. The molecule has 1 N–H and O–H groups in total. The molecule has 0 spiro atoms. The number of imide groups is 1. The van der Waals surface area contributed by atoms with Crippen LogP contribution in [-0.4, -0.2) is 91.2 Å². The molecule has 3 fully saturated rings. The van der Waals surface area contributed by atoms with Gasteiger partial charge in [-0.1, -0.05) is 0 Å². The van der Waals surface area contributed by atoms with Crippen molar-refractivity contribution in [3.63, 3.8) is 0 Å². The van der Waals surface area contributed by atoms with Crippen molar-refractivity contribution in [2.45, 2.75) is 122 Å². The Morgan fingerprint density at radius 1 is 1.06 bits per heavy atom. The number of likely N-dealkylation sites (tertiary alicyclic amines) is 1. The number of nitrogens with zero attached hydrogens (tertiary/aromatic N) is 1. The lowest BCUT2D eigenvalue weighted by Crippen LogP contribution is -2.55. The second-order valence-corrected chi connectivity index (χ2v) is 17.0. The zero-order valence-electron chi connectivity index (χ0n) is 22.7. The van der Waals surface area contributed by atoms with Crippen LogP contribution in [0.1, 0.15) is 54.9 Å². The van der Waals surface area contributed by atoms with Crippen LogP contribution in [0.2, 0.25) is 19.6 Å². The number of aliphatic hydroxyl groups is 1. The van der Waals surface area contributed by atoms with E-state index in [9.17, 15) is 14.7 Å². The molecule has 3 aliphatic rings. The molecule has 3 rings (SSSR count). The van der Waals surface area contributed by atoms with E-state index in [1.54, 1.807) is 34.6 Å². The third-order valence-electron chi connectivity index (χ3n) is 6.06. The highest BCUT2D eigenvalue weighted by atomic mass is 28.4. The topological polar surface area (TPSA) is 113 Å². The van der Waals surface area contributed by atoms with Gasteiger partial charge in [-0.05, 0) is 74.5 Å². The standard InChI is InChI=1S/C24H43NO9Si/c1-22(2,3)33-21(28)25-15(19(34-35(8,9)10)17-13-30-24(6,7)32-17)11-14(20(25)27)18(26)16-12-29-23(4,5)31-16/h14-19,26H,11-13H2,1-10H3/t14-,15+,16-,17+,18+,19-/m1/s1. The molecular weight excluding hydrogens is 474 g/mol. The lowest BCUT2D eigenvalue weighted by atomic mass is 9.92. The molecule has 6 atom stereocenters. The Hall–Kier alpha value is -1.08. The monoisotopic (exact) mass is 517 g/mol. The SMILES string of the molecule is CC(C)(C)OC(=O)N1C(=O)[C@@H]([C@H](O)[C@H]2COC(C)(C)O2)C[C@H]1[C@@H](O[Si](C)(C)C)[C@@H]1COC(C)(C)O1. The first-order valence-corrected chi connectivity index (χ1v) is 15.7. The maximum Gasteiger partial charge on any atom is 0.417 e. The van der Waals surface area contributed by atoms with Gasteiger partial charge in [0, 0.05) is 0 Å². The quantitative estimate of drug-likeness (QED) is 0.531. The summed E-state index contributed by atoms with van der Waals surface area (Å²) in [4.78, 5) is 28.1. The molecule has 0 aliphatic carbocycles. The van der Waals surface area contributed by atoms with E-state index in [4.69, 9.17) is 28.1 Å². The van der Waals surface area contributed by atoms with Crippen LogP contribution >= 0.6 is 0 Å².